The molecule has 356 valence electrons. The molecule has 0 aromatic rings. The molecule has 0 aliphatic rings. The Hall–Kier alpha value is -3.93. The Morgan fingerprint density at radius 1 is 0.333 bits per heavy atom. The molecule has 0 bridgehead atoms. The number of allylic oxidation sites excluding steroid dienone is 18. The van der Waals surface area contributed by atoms with Crippen LogP contribution in [0.4, 0.5) is 0 Å². The Kier molecular flexibility index (Phi) is 47.5. The van der Waals surface area contributed by atoms with Gasteiger partial charge < -0.3 is 14.2 Å². The maximum atomic E-state index is 12.7. The van der Waals surface area contributed by atoms with Crippen LogP contribution in [-0.2, 0) is 28.6 Å². The molecule has 0 fully saturated rings. The minimum Gasteiger partial charge on any atom is -0.462 e. The third-order valence-corrected chi connectivity index (χ3v) is 10.3. The predicted octanol–water partition coefficient (Wildman–Crippen LogP) is 16.8. The highest BCUT2D eigenvalue weighted by Gasteiger charge is 2.19. The molecule has 0 N–H and O–H groups in total. The van der Waals surface area contributed by atoms with E-state index in [1.165, 1.54) is 12.8 Å². The number of rotatable bonds is 44. The molecule has 1 atom stereocenters. The molecule has 0 saturated carbocycles. The first kappa shape index (κ1) is 59.1. The summed E-state index contributed by atoms with van der Waals surface area (Å²) in [6, 6.07) is 0. The van der Waals surface area contributed by atoms with Crippen LogP contribution in [0.25, 0.3) is 0 Å². The summed E-state index contributed by atoms with van der Waals surface area (Å²) in [6.07, 6.45) is 68.2. The van der Waals surface area contributed by atoms with Gasteiger partial charge in [0, 0.05) is 19.3 Å². The topological polar surface area (TPSA) is 78.9 Å². The number of ether oxygens (including phenoxy) is 3. The zero-order valence-corrected chi connectivity index (χ0v) is 40.5. The van der Waals surface area contributed by atoms with E-state index >= 15 is 0 Å². The quantitative estimate of drug-likeness (QED) is 0.0263. The molecular formula is C57H92O6. The van der Waals surface area contributed by atoms with E-state index in [9.17, 15) is 14.4 Å². The molecule has 6 heteroatoms. The molecule has 0 radical (unpaired) electrons. The lowest BCUT2D eigenvalue weighted by Crippen LogP contribution is -2.30. The van der Waals surface area contributed by atoms with Gasteiger partial charge in [0.1, 0.15) is 13.2 Å². The van der Waals surface area contributed by atoms with Gasteiger partial charge in [0.05, 0.1) is 0 Å². The molecule has 6 nitrogen and oxygen atoms in total. The van der Waals surface area contributed by atoms with Crippen LogP contribution < -0.4 is 0 Å². The van der Waals surface area contributed by atoms with Crippen LogP contribution in [0.3, 0.4) is 0 Å². The summed E-state index contributed by atoms with van der Waals surface area (Å²) < 4.78 is 16.6. The summed E-state index contributed by atoms with van der Waals surface area (Å²) in [5.41, 5.74) is 0. The normalized spacial score (nSPS) is 13.0. The van der Waals surface area contributed by atoms with E-state index in [0.29, 0.717) is 19.3 Å². The van der Waals surface area contributed by atoms with Crippen molar-refractivity contribution < 1.29 is 28.6 Å². The van der Waals surface area contributed by atoms with Crippen molar-refractivity contribution in [2.45, 2.75) is 219 Å². The van der Waals surface area contributed by atoms with Crippen molar-refractivity contribution in [2.24, 2.45) is 0 Å². The molecule has 0 spiro atoms. The van der Waals surface area contributed by atoms with E-state index in [1.807, 2.05) is 0 Å². The van der Waals surface area contributed by atoms with E-state index in [2.05, 4.69) is 130 Å². The van der Waals surface area contributed by atoms with Gasteiger partial charge in [-0.3, -0.25) is 14.4 Å². The van der Waals surface area contributed by atoms with Crippen molar-refractivity contribution in [1.29, 1.82) is 0 Å². The van der Waals surface area contributed by atoms with Gasteiger partial charge in [-0.05, 0) is 103 Å². The van der Waals surface area contributed by atoms with E-state index in [1.54, 1.807) is 0 Å². The highest BCUT2D eigenvalue weighted by molar-refractivity contribution is 5.71. The Labute approximate surface area is 387 Å². The van der Waals surface area contributed by atoms with Crippen LogP contribution in [0.15, 0.2) is 109 Å². The summed E-state index contributed by atoms with van der Waals surface area (Å²) in [6.45, 7) is 6.28. The fourth-order valence-electron chi connectivity index (χ4n) is 6.52. The van der Waals surface area contributed by atoms with Crippen molar-refractivity contribution in [3.05, 3.63) is 109 Å². The Morgan fingerprint density at radius 2 is 0.619 bits per heavy atom. The first-order valence-corrected chi connectivity index (χ1v) is 25.4. The molecule has 0 rings (SSSR count). The zero-order chi connectivity index (χ0) is 45.8. The van der Waals surface area contributed by atoms with Gasteiger partial charge in [-0.1, -0.05) is 201 Å². The number of unbranched alkanes of at least 4 members (excludes halogenated alkanes) is 15. The minimum absolute atomic E-state index is 0.0933. The Morgan fingerprint density at radius 3 is 0.968 bits per heavy atom. The fourth-order valence-corrected chi connectivity index (χ4v) is 6.52. The molecule has 0 aromatic carbocycles. The number of carbonyl (C=O) groups excluding carboxylic acids is 3. The second-order valence-corrected chi connectivity index (χ2v) is 16.3. The van der Waals surface area contributed by atoms with E-state index in [4.69, 9.17) is 14.2 Å². The molecule has 0 aliphatic heterocycles. The molecule has 0 aliphatic carbocycles. The van der Waals surface area contributed by atoms with Crippen molar-refractivity contribution >= 4 is 17.9 Å². The van der Waals surface area contributed by atoms with Crippen molar-refractivity contribution in [3.8, 4) is 0 Å². The number of carbonyl (C=O) groups is 3. The monoisotopic (exact) mass is 873 g/mol. The maximum absolute atomic E-state index is 12.7. The van der Waals surface area contributed by atoms with Crippen LogP contribution in [0.2, 0.25) is 0 Å². The smallest absolute Gasteiger partial charge is 0.306 e. The fraction of sp³-hybridized carbons (Fsp3) is 0.632. The number of hydrogen-bond donors (Lipinski definition) is 0. The van der Waals surface area contributed by atoms with Crippen LogP contribution in [-0.4, -0.2) is 37.2 Å². The third-order valence-electron chi connectivity index (χ3n) is 10.3. The second kappa shape index (κ2) is 50.7. The van der Waals surface area contributed by atoms with Crippen LogP contribution in [0.5, 0.6) is 0 Å². The molecule has 0 heterocycles. The van der Waals surface area contributed by atoms with E-state index in [-0.39, 0.29) is 31.1 Å². The molecule has 1 unspecified atom stereocenters. The summed E-state index contributed by atoms with van der Waals surface area (Å²) >= 11 is 0. The van der Waals surface area contributed by atoms with Gasteiger partial charge in [0.25, 0.3) is 0 Å². The van der Waals surface area contributed by atoms with Crippen molar-refractivity contribution in [3.63, 3.8) is 0 Å². The van der Waals surface area contributed by atoms with Crippen LogP contribution >= 0.6 is 0 Å². The first-order chi connectivity index (χ1) is 31.0. The van der Waals surface area contributed by atoms with Gasteiger partial charge in [-0.15, -0.1) is 0 Å². The Balaban J connectivity index is 4.26. The highest BCUT2D eigenvalue weighted by atomic mass is 16.6. The van der Waals surface area contributed by atoms with Gasteiger partial charge in [0.2, 0.25) is 0 Å². The van der Waals surface area contributed by atoms with Gasteiger partial charge in [-0.2, -0.15) is 0 Å². The second-order valence-electron chi connectivity index (χ2n) is 16.3. The average molecular weight is 873 g/mol. The van der Waals surface area contributed by atoms with E-state index in [0.717, 1.165) is 161 Å². The number of hydrogen-bond acceptors (Lipinski definition) is 6. The first-order valence-electron chi connectivity index (χ1n) is 25.4. The van der Waals surface area contributed by atoms with Gasteiger partial charge in [0.15, 0.2) is 6.10 Å². The summed E-state index contributed by atoms with van der Waals surface area (Å²) in [5, 5.41) is 0. The van der Waals surface area contributed by atoms with Crippen molar-refractivity contribution in [2.75, 3.05) is 13.2 Å². The highest BCUT2D eigenvalue weighted by Crippen LogP contribution is 2.13. The minimum atomic E-state index is -0.792. The number of esters is 3. The summed E-state index contributed by atoms with van der Waals surface area (Å²) in [7, 11) is 0. The maximum Gasteiger partial charge on any atom is 0.306 e. The predicted molar refractivity (Wildman–Crippen MR) is 270 cm³/mol. The standard InChI is InChI=1S/C57H92O6/c1-4-7-10-13-15-17-19-21-23-25-27-28-30-31-33-35-37-39-41-44-47-50-56(59)62-53-54(52-61-55(58)49-46-43-12-9-6-3)63-57(60)51-48-45-42-40-38-36-34-32-29-26-24-22-20-18-16-14-11-8-5-2/h7-8,10-11,15-18,21-24,27-29,31-33,54H,4-6,9,12-14,19-20,25-26,30,34-53H2,1-3H3/b10-7-,11-8-,17-15-,18-16-,23-21-,24-22-,28-27-,32-29-,33-31-. The molecular weight excluding hydrogens is 781 g/mol. The van der Waals surface area contributed by atoms with Crippen molar-refractivity contribution in [1.82, 2.24) is 0 Å². The van der Waals surface area contributed by atoms with Gasteiger partial charge >= 0.3 is 17.9 Å². The molecule has 63 heavy (non-hydrogen) atoms. The van der Waals surface area contributed by atoms with E-state index < -0.39 is 6.10 Å². The molecule has 0 aromatic heterocycles. The van der Waals surface area contributed by atoms with Crippen LogP contribution in [0, 0.1) is 0 Å². The zero-order valence-electron chi connectivity index (χ0n) is 40.5. The lowest BCUT2D eigenvalue weighted by molar-refractivity contribution is -0.167. The largest absolute Gasteiger partial charge is 0.462 e. The molecule has 0 saturated heterocycles. The lowest BCUT2D eigenvalue weighted by Gasteiger charge is -2.18. The third kappa shape index (κ3) is 49.0. The summed E-state index contributed by atoms with van der Waals surface area (Å²) in [5.74, 6) is -0.947. The lowest BCUT2D eigenvalue weighted by atomic mass is 10.1. The summed E-state index contributed by atoms with van der Waals surface area (Å²) in [4.78, 5) is 37.7. The average Bonchev–Trinajstić information content (AvgIpc) is 3.28. The van der Waals surface area contributed by atoms with Gasteiger partial charge in [-0.25, -0.2) is 0 Å². The Bertz CT molecular complexity index is 1330. The SMILES string of the molecule is CC/C=C\C/C=C\C/C=C\C/C=C\C/C=C\CCCCCCCC(=O)OCC(COC(=O)CCCCCCC)OC(=O)CCCCCCCC/C=C\C/C=C\C/C=C\C/C=C\CC. The molecule has 0 amide bonds. The van der Waals surface area contributed by atoms with Crippen LogP contribution in [0.1, 0.15) is 213 Å².